The lowest BCUT2D eigenvalue weighted by molar-refractivity contribution is 0.0912. The monoisotopic (exact) mass is 335 g/mol. The van der Waals surface area contributed by atoms with Crippen molar-refractivity contribution < 1.29 is 4.79 Å². The summed E-state index contributed by atoms with van der Waals surface area (Å²) in [5, 5.41) is 3.24. The van der Waals surface area contributed by atoms with Gasteiger partial charge in [0.2, 0.25) is 0 Å². The Morgan fingerprint density at radius 2 is 1.80 bits per heavy atom. The van der Waals surface area contributed by atoms with Crippen LogP contribution in [-0.4, -0.2) is 21.3 Å². The predicted molar refractivity (Wildman–Crippen MR) is 101 cm³/mol. The number of aromatic nitrogens is 2. The van der Waals surface area contributed by atoms with Gasteiger partial charge in [-0.25, -0.2) is 4.98 Å². The highest BCUT2D eigenvalue weighted by Crippen LogP contribution is 2.25. The van der Waals surface area contributed by atoms with Gasteiger partial charge in [-0.1, -0.05) is 56.7 Å². The lowest BCUT2D eigenvalue weighted by atomic mass is 9.86. The summed E-state index contributed by atoms with van der Waals surface area (Å²) in [6.07, 6.45) is 3.53. The Labute approximate surface area is 148 Å². The standard InChI is InChI=1S/C21H25N3O/c1-14(2)20(16(4)17-10-8-15(3)9-11-17)23-21(25)18-6-5-7-19-22-12-13-24(18)19/h5-14,16,20H,1-4H3,(H,23,25). The third-order valence-electron chi connectivity index (χ3n) is 4.82. The average molecular weight is 335 g/mol. The number of carbonyl (C=O) groups excluding carboxylic acids is 1. The van der Waals surface area contributed by atoms with Crippen LogP contribution in [0.4, 0.5) is 0 Å². The zero-order valence-electron chi connectivity index (χ0n) is 15.2. The summed E-state index contributed by atoms with van der Waals surface area (Å²) in [4.78, 5) is 17.2. The van der Waals surface area contributed by atoms with Crippen LogP contribution in [0.3, 0.4) is 0 Å². The van der Waals surface area contributed by atoms with E-state index in [2.05, 4.69) is 62.3 Å². The maximum absolute atomic E-state index is 12.9. The zero-order chi connectivity index (χ0) is 18.0. The van der Waals surface area contributed by atoms with Crippen LogP contribution < -0.4 is 5.32 Å². The normalized spacial score (nSPS) is 13.8. The quantitative estimate of drug-likeness (QED) is 0.759. The first-order valence-corrected chi connectivity index (χ1v) is 8.77. The van der Waals surface area contributed by atoms with E-state index in [1.54, 1.807) is 6.20 Å². The second kappa shape index (κ2) is 7.09. The summed E-state index contributed by atoms with van der Waals surface area (Å²) in [5.41, 5.74) is 3.87. The minimum absolute atomic E-state index is 0.0500. The minimum Gasteiger partial charge on any atom is -0.347 e. The van der Waals surface area contributed by atoms with Crippen molar-refractivity contribution in [1.29, 1.82) is 0 Å². The molecule has 1 N–H and O–H groups in total. The highest BCUT2D eigenvalue weighted by molar-refractivity contribution is 5.93. The minimum atomic E-state index is -0.0683. The van der Waals surface area contributed by atoms with Crippen LogP contribution in [-0.2, 0) is 0 Å². The number of amides is 1. The van der Waals surface area contributed by atoms with Crippen LogP contribution in [0, 0.1) is 12.8 Å². The largest absolute Gasteiger partial charge is 0.347 e. The SMILES string of the molecule is Cc1ccc(C(C)C(NC(=O)c2cccc3nccn23)C(C)C)cc1. The molecule has 4 nitrogen and oxygen atoms in total. The molecule has 0 aliphatic carbocycles. The van der Waals surface area contributed by atoms with E-state index in [4.69, 9.17) is 0 Å². The topological polar surface area (TPSA) is 46.4 Å². The maximum Gasteiger partial charge on any atom is 0.268 e. The molecule has 0 spiro atoms. The summed E-state index contributed by atoms with van der Waals surface area (Å²) in [7, 11) is 0. The van der Waals surface area contributed by atoms with Gasteiger partial charge in [-0.3, -0.25) is 9.20 Å². The summed E-state index contributed by atoms with van der Waals surface area (Å²) < 4.78 is 1.82. The Bertz CT molecular complexity index is 864. The van der Waals surface area contributed by atoms with Gasteiger partial charge in [0.1, 0.15) is 11.3 Å². The van der Waals surface area contributed by atoms with Crippen LogP contribution in [0.25, 0.3) is 5.65 Å². The summed E-state index contributed by atoms with van der Waals surface area (Å²) >= 11 is 0. The van der Waals surface area contributed by atoms with Gasteiger partial charge in [-0.05, 0) is 30.5 Å². The Hall–Kier alpha value is -2.62. The third-order valence-corrected chi connectivity index (χ3v) is 4.82. The Morgan fingerprint density at radius 1 is 1.08 bits per heavy atom. The molecule has 25 heavy (non-hydrogen) atoms. The average Bonchev–Trinajstić information content (AvgIpc) is 3.08. The fraction of sp³-hybridized carbons (Fsp3) is 0.333. The molecular weight excluding hydrogens is 310 g/mol. The fourth-order valence-corrected chi connectivity index (χ4v) is 3.30. The van der Waals surface area contributed by atoms with Crippen LogP contribution in [0.15, 0.2) is 54.9 Å². The van der Waals surface area contributed by atoms with Crippen LogP contribution in [0.5, 0.6) is 0 Å². The van der Waals surface area contributed by atoms with Crippen molar-refractivity contribution in [3.8, 4) is 0 Å². The molecule has 0 bridgehead atoms. The van der Waals surface area contributed by atoms with Crippen LogP contribution >= 0.6 is 0 Å². The smallest absolute Gasteiger partial charge is 0.268 e. The first kappa shape index (κ1) is 17.2. The first-order valence-electron chi connectivity index (χ1n) is 8.77. The van der Waals surface area contributed by atoms with E-state index in [-0.39, 0.29) is 17.9 Å². The van der Waals surface area contributed by atoms with Crippen molar-refractivity contribution in [1.82, 2.24) is 14.7 Å². The molecule has 0 fully saturated rings. The first-order chi connectivity index (χ1) is 12.0. The molecule has 2 heterocycles. The number of carbonyl (C=O) groups is 1. The fourth-order valence-electron chi connectivity index (χ4n) is 3.30. The second-order valence-electron chi connectivity index (χ2n) is 7.01. The highest BCUT2D eigenvalue weighted by atomic mass is 16.2. The molecule has 0 saturated heterocycles. The number of imidazole rings is 1. The Kier molecular flexibility index (Phi) is 4.88. The molecule has 0 aliphatic rings. The molecule has 0 saturated carbocycles. The number of benzene rings is 1. The van der Waals surface area contributed by atoms with E-state index in [0.29, 0.717) is 11.6 Å². The molecule has 0 aliphatic heterocycles. The number of rotatable bonds is 5. The molecular formula is C21H25N3O. The maximum atomic E-state index is 12.9. The lowest BCUT2D eigenvalue weighted by Crippen LogP contribution is -2.42. The highest BCUT2D eigenvalue weighted by Gasteiger charge is 2.25. The van der Waals surface area contributed by atoms with Gasteiger partial charge < -0.3 is 5.32 Å². The van der Waals surface area contributed by atoms with Gasteiger partial charge in [-0.15, -0.1) is 0 Å². The zero-order valence-corrected chi connectivity index (χ0v) is 15.2. The number of hydrogen-bond acceptors (Lipinski definition) is 2. The van der Waals surface area contributed by atoms with Gasteiger partial charge in [-0.2, -0.15) is 0 Å². The molecule has 2 unspecified atom stereocenters. The predicted octanol–water partition coefficient (Wildman–Crippen LogP) is 4.20. The summed E-state index contributed by atoms with van der Waals surface area (Å²) in [5.74, 6) is 0.482. The van der Waals surface area contributed by atoms with Gasteiger partial charge >= 0.3 is 0 Å². The van der Waals surface area contributed by atoms with E-state index in [1.807, 2.05) is 28.8 Å². The van der Waals surface area contributed by atoms with Crippen LogP contribution in [0.2, 0.25) is 0 Å². The van der Waals surface area contributed by atoms with E-state index in [0.717, 1.165) is 5.65 Å². The molecule has 3 rings (SSSR count). The Balaban J connectivity index is 1.85. The Morgan fingerprint density at radius 3 is 2.48 bits per heavy atom. The number of pyridine rings is 1. The molecule has 130 valence electrons. The third kappa shape index (κ3) is 3.58. The number of nitrogens with zero attached hydrogens (tertiary/aromatic N) is 2. The molecule has 3 aromatic rings. The van der Waals surface area contributed by atoms with Gasteiger partial charge in [0.15, 0.2) is 0 Å². The molecule has 0 radical (unpaired) electrons. The van der Waals surface area contributed by atoms with Crippen molar-refractivity contribution >= 4 is 11.6 Å². The molecule has 4 heteroatoms. The van der Waals surface area contributed by atoms with E-state index >= 15 is 0 Å². The number of fused-ring (bicyclic) bond motifs is 1. The van der Waals surface area contributed by atoms with Crippen molar-refractivity contribution in [3.63, 3.8) is 0 Å². The molecule has 1 amide bonds. The van der Waals surface area contributed by atoms with Gasteiger partial charge in [0, 0.05) is 24.4 Å². The summed E-state index contributed by atoms with van der Waals surface area (Å²) in [6.45, 7) is 8.55. The summed E-state index contributed by atoms with van der Waals surface area (Å²) in [6, 6.07) is 14.2. The van der Waals surface area contributed by atoms with Crippen molar-refractivity contribution in [2.24, 2.45) is 5.92 Å². The lowest BCUT2D eigenvalue weighted by Gasteiger charge is -2.29. The number of hydrogen-bond donors (Lipinski definition) is 1. The number of nitrogens with one attached hydrogen (secondary N) is 1. The van der Waals surface area contributed by atoms with Crippen molar-refractivity contribution in [2.45, 2.75) is 39.7 Å². The molecule has 2 atom stereocenters. The van der Waals surface area contributed by atoms with E-state index in [1.165, 1.54) is 11.1 Å². The van der Waals surface area contributed by atoms with Crippen molar-refractivity contribution in [2.75, 3.05) is 0 Å². The second-order valence-corrected chi connectivity index (χ2v) is 7.01. The van der Waals surface area contributed by atoms with E-state index < -0.39 is 0 Å². The van der Waals surface area contributed by atoms with Crippen molar-refractivity contribution in [3.05, 3.63) is 71.7 Å². The van der Waals surface area contributed by atoms with Gasteiger partial charge in [0.25, 0.3) is 5.91 Å². The molecule has 2 aromatic heterocycles. The van der Waals surface area contributed by atoms with Crippen LogP contribution in [0.1, 0.15) is 48.3 Å². The van der Waals surface area contributed by atoms with E-state index in [9.17, 15) is 4.79 Å². The number of aryl methyl sites for hydroxylation is 1. The van der Waals surface area contributed by atoms with Gasteiger partial charge in [0.05, 0.1) is 0 Å². The molecule has 1 aromatic carbocycles.